The number of nitrogens with one attached hydrogen (secondary N) is 1. The van der Waals surface area contributed by atoms with Crippen molar-refractivity contribution in [3.8, 4) is 5.75 Å². The molecule has 2 aromatic rings. The van der Waals surface area contributed by atoms with Gasteiger partial charge in [-0.2, -0.15) is 0 Å². The van der Waals surface area contributed by atoms with Crippen LogP contribution < -0.4 is 10.1 Å². The number of carboxylic acid groups (broad SMARTS) is 1. The topological polar surface area (TPSA) is 128 Å². The molecule has 3 rings (SSSR count). The van der Waals surface area contributed by atoms with Crippen molar-refractivity contribution in [1.82, 2.24) is 5.32 Å². The highest BCUT2D eigenvalue weighted by atomic mass is 16.6. The summed E-state index contributed by atoms with van der Waals surface area (Å²) in [6, 6.07) is 14.6. The summed E-state index contributed by atoms with van der Waals surface area (Å²) in [6.45, 7) is 4.88. The quantitative estimate of drug-likeness (QED) is 0.350. The maximum Gasteiger partial charge on any atom is 0.336 e. The Labute approximate surface area is 190 Å². The molecule has 172 valence electrons. The van der Waals surface area contributed by atoms with Crippen LogP contribution in [0, 0.1) is 10.1 Å². The molecule has 2 atom stereocenters. The largest absolute Gasteiger partial charge is 0.487 e. The second-order valence-electron chi connectivity index (χ2n) is 7.63. The number of nitro groups is 1. The van der Waals surface area contributed by atoms with E-state index in [9.17, 15) is 24.8 Å². The molecule has 1 heterocycles. The SMILES string of the molecule is CC1=C(C(=O)O)C(c2cccc([N+](=O)[O-])c2)C(C(=O)OCC(C)Oc2ccccc2)=C(C)N1. The highest BCUT2D eigenvalue weighted by Crippen LogP contribution is 2.39. The van der Waals surface area contributed by atoms with Crippen LogP contribution in [0.4, 0.5) is 5.69 Å². The molecule has 0 spiro atoms. The number of carbonyl (C=O) groups excluding carboxylic acids is 1. The molecule has 0 aliphatic carbocycles. The molecular weight excluding hydrogens is 428 g/mol. The lowest BCUT2D eigenvalue weighted by Crippen LogP contribution is -2.33. The Bertz CT molecular complexity index is 1140. The van der Waals surface area contributed by atoms with Crippen LogP contribution in [0.1, 0.15) is 32.3 Å². The number of nitrogens with zero attached hydrogens (tertiary/aromatic N) is 1. The van der Waals surface area contributed by atoms with E-state index in [1.165, 1.54) is 18.2 Å². The van der Waals surface area contributed by atoms with Gasteiger partial charge in [0.25, 0.3) is 5.69 Å². The monoisotopic (exact) mass is 452 g/mol. The maximum atomic E-state index is 13.1. The molecule has 0 saturated carbocycles. The van der Waals surface area contributed by atoms with Crippen LogP contribution >= 0.6 is 0 Å². The van der Waals surface area contributed by atoms with Crippen LogP contribution in [0.5, 0.6) is 5.75 Å². The fourth-order valence-corrected chi connectivity index (χ4v) is 3.74. The van der Waals surface area contributed by atoms with Crippen molar-refractivity contribution in [2.24, 2.45) is 0 Å². The van der Waals surface area contributed by atoms with E-state index in [0.29, 0.717) is 22.7 Å². The zero-order valence-electron chi connectivity index (χ0n) is 18.4. The van der Waals surface area contributed by atoms with Gasteiger partial charge in [0.2, 0.25) is 0 Å². The molecule has 1 aliphatic heterocycles. The van der Waals surface area contributed by atoms with Gasteiger partial charge in [0.15, 0.2) is 0 Å². The number of nitro benzene ring substituents is 1. The number of esters is 1. The van der Waals surface area contributed by atoms with Crippen LogP contribution in [0.2, 0.25) is 0 Å². The standard InChI is InChI=1S/C24H24N2O7/c1-14(33-19-10-5-4-6-11-19)13-32-24(29)21-16(3)25-15(2)20(23(27)28)22(21)17-8-7-9-18(12-17)26(30)31/h4-12,14,22,25H,13H2,1-3H3,(H,27,28). The number of para-hydroxylation sites is 1. The summed E-state index contributed by atoms with van der Waals surface area (Å²) in [5.41, 5.74) is 0.850. The minimum Gasteiger partial charge on any atom is -0.487 e. The molecule has 33 heavy (non-hydrogen) atoms. The molecule has 0 amide bonds. The summed E-state index contributed by atoms with van der Waals surface area (Å²) < 4.78 is 11.2. The van der Waals surface area contributed by atoms with E-state index in [1.807, 2.05) is 18.2 Å². The van der Waals surface area contributed by atoms with Gasteiger partial charge in [-0.3, -0.25) is 10.1 Å². The Morgan fingerprint density at radius 2 is 1.76 bits per heavy atom. The Kier molecular flexibility index (Phi) is 7.12. The summed E-state index contributed by atoms with van der Waals surface area (Å²) in [5, 5.41) is 24.0. The van der Waals surface area contributed by atoms with E-state index in [-0.39, 0.29) is 23.4 Å². The lowest BCUT2D eigenvalue weighted by atomic mass is 9.80. The summed E-state index contributed by atoms with van der Waals surface area (Å²) in [4.78, 5) is 35.9. The molecule has 0 aromatic heterocycles. The molecule has 1 aliphatic rings. The molecule has 9 nitrogen and oxygen atoms in total. The number of ether oxygens (including phenoxy) is 2. The summed E-state index contributed by atoms with van der Waals surface area (Å²) in [5.74, 6) is -2.39. The van der Waals surface area contributed by atoms with Crippen LogP contribution in [0.3, 0.4) is 0 Å². The maximum absolute atomic E-state index is 13.1. The van der Waals surface area contributed by atoms with Crippen LogP contribution in [0.15, 0.2) is 77.1 Å². The third kappa shape index (κ3) is 5.38. The van der Waals surface area contributed by atoms with Gasteiger partial charge in [-0.1, -0.05) is 30.3 Å². The first-order valence-electron chi connectivity index (χ1n) is 10.2. The number of allylic oxidation sites excluding steroid dienone is 2. The van der Waals surface area contributed by atoms with Gasteiger partial charge in [-0.25, -0.2) is 9.59 Å². The number of dihydropyridines is 1. The predicted molar refractivity (Wildman–Crippen MR) is 119 cm³/mol. The first-order valence-corrected chi connectivity index (χ1v) is 10.2. The zero-order valence-corrected chi connectivity index (χ0v) is 18.4. The first-order chi connectivity index (χ1) is 15.7. The average molecular weight is 452 g/mol. The van der Waals surface area contributed by atoms with E-state index >= 15 is 0 Å². The molecule has 0 fully saturated rings. The van der Waals surface area contributed by atoms with E-state index in [0.717, 1.165) is 0 Å². The van der Waals surface area contributed by atoms with E-state index in [1.54, 1.807) is 39.0 Å². The molecule has 0 bridgehead atoms. The highest BCUT2D eigenvalue weighted by Gasteiger charge is 2.38. The third-order valence-corrected chi connectivity index (χ3v) is 5.15. The molecule has 0 radical (unpaired) electrons. The van der Waals surface area contributed by atoms with E-state index < -0.39 is 28.9 Å². The average Bonchev–Trinajstić information content (AvgIpc) is 2.77. The minimum atomic E-state index is -1.24. The van der Waals surface area contributed by atoms with Gasteiger partial charge in [0.05, 0.1) is 22.0 Å². The van der Waals surface area contributed by atoms with Crippen molar-refractivity contribution in [1.29, 1.82) is 0 Å². The number of aliphatic carboxylic acids is 1. The van der Waals surface area contributed by atoms with Gasteiger partial charge >= 0.3 is 11.9 Å². The van der Waals surface area contributed by atoms with Crippen LogP contribution in [0.25, 0.3) is 0 Å². The molecule has 2 N–H and O–H groups in total. The first kappa shape index (κ1) is 23.5. The van der Waals surface area contributed by atoms with Gasteiger partial charge in [-0.05, 0) is 38.5 Å². The van der Waals surface area contributed by atoms with Crippen molar-refractivity contribution in [3.05, 3.63) is 92.8 Å². The molecule has 0 saturated heterocycles. The summed E-state index contributed by atoms with van der Waals surface area (Å²) >= 11 is 0. The Hall–Kier alpha value is -4.14. The van der Waals surface area contributed by atoms with Gasteiger partial charge < -0.3 is 19.9 Å². The number of carbonyl (C=O) groups is 2. The summed E-state index contributed by atoms with van der Waals surface area (Å²) in [6.07, 6.45) is -0.457. The smallest absolute Gasteiger partial charge is 0.336 e. The predicted octanol–water partition coefficient (Wildman–Crippen LogP) is 3.92. The molecule has 2 unspecified atom stereocenters. The third-order valence-electron chi connectivity index (χ3n) is 5.15. The Morgan fingerprint density at radius 1 is 1.09 bits per heavy atom. The van der Waals surface area contributed by atoms with E-state index in [4.69, 9.17) is 9.47 Å². The lowest BCUT2D eigenvalue weighted by molar-refractivity contribution is -0.384. The minimum absolute atomic E-state index is 0.0722. The van der Waals surface area contributed by atoms with Crippen LogP contribution in [-0.4, -0.2) is 34.7 Å². The van der Waals surface area contributed by atoms with Crippen molar-refractivity contribution < 1.29 is 29.1 Å². The molecular formula is C24H24N2O7. The number of rotatable bonds is 8. The van der Waals surface area contributed by atoms with Gasteiger partial charge in [0.1, 0.15) is 18.5 Å². The number of carboxylic acids is 1. The number of non-ortho nitro benzene ring substituents is 1. The van der Waals surface area contributed by atoms with Crippen molar-refractivity contribution >= 4 is 17.6 Å². The van der Waals surface area contributed by atoms with Crippen molar-refractivity contribution in [2.75, 3.05) is 6.61 Å². The zero-order chi connectivity index (χ0) is 24.1. The molecule has 9 heteroatoms. The lowest BCUT2D eigenvalue weighted by Gasteiger charge is -2.29. The Balaban J connectivity index is 1.89. The van der Waals surface area contributed by atoms with Crippen LogP contribution in [-0.2, 0) is 14.3 Å². The number of benzene rings is 2. The fourth-order valence-electron chi connectivity index (χ4n) is 3.74. The summed E-state index contributed by atoms with van der Waals surface area (Å²) in [7, 11) is 0. The van der Waals surface area contributed by atoms with Gasteiger partial charge in [-0.15, -0.1) is 0 Å². The number of hydrogen-bond acceptors (Lipinski definition) is 7. The second-order valence-corrected chi connectivity index (χ2v) is 7.63. The van der Waals surface area contributed by atoms with E-state index in [2.05, 4.69) is 5.32 Å². The Morgan fingerprint density at radius 3 is 2.39 bits per heavy atom. The van der Waals surface area contributed by atoms with Gasteiger partial charge in [0, 0.05) is 23.5 Å². The highest BCUT2D eigenvalue weighted by molar-refractivity contribution is 5.99. The molecule has 2 aromatic carbocycles. The normalized spacial score (nSPS) is 16.6. The fraction of sp³-hybridized carbons (Fsp3) is 0.250. The number of hydrogen-bond donors (Lipinski definition) is 2. The van der Waals surface area contributed by atoms with Crippen molar-refractivity contribution in [3.63, 3.8) is 0 Å². The van der Waals surface area contributed by atoms with Crippen molar-refractivity contribution in [2.45, 2.75) is 32.8 Å². The second kappa shape index (κ2) is 9.99.